The lowest BCUT2D eigenvalue weighted by atomic mass is 9.86. The van der Waals surface area contributed by atoms with Crippen molar-refractivity contribution in [1.29, 1.82) is 0 Å². The molecule has 0 aliphatic heterocycles. The normalized spacial score (nSPS) is 18.8. The van der Waals surface area contributed by atoms with Gasteiger partial charge in [0, 0.05) is 12.6 Å². The van der Waals surface area contributed by atoms with Crippen LogP contribution in [-0.4, -0.2) is 23.1 Å². The standard InChI is InChI=1S/C23H28N2O4/c26-22(27)18-10-12-21(13-11-18)25-23(28)24-14-19-8-4-5-9-20(19)16-29-15-17-6-2-1-3-7-17/h1-9,18,21H,10-16H2,(H,26,27)(H2,24,25,28). The first-order valence-electron chi connectivity index (χ1n) is 10.1. The molecular weight excluding hydrogens is 368 g/mol. The number of hydrogen-bond acceptors (Lipinski definition) is 3. The van der Waals surface area contributed by atoms with Gasteiger partial charge in [0.05, 0.1) is 19.1 Å². The molecule has 154 valence electrons. The van der Waals surface area contributed by atoms with E-state index in [-0.39, 0.29) is 18.0 Å². The zero-order chi connectivity index (χ0) is 20.5. The summed E-state index contributed by atoms with van der Waals surface area (Å²) in [5, 5.41) is 14.9. The van der Waals surface area contributed by atoms with Crippen LogP contribution >= 0.6 is 0 Å². The maximum absolute atomic E-state index is 12.2. The molecule has 6 nitrogen and oxygen atoms in total. The van der Waals surface area contributed by atoms with Gasteiger partial charge in [0.15, 0.2) is 0 Å². The fourth-order valence-electron chi connectivity index (χ4n) is 3.62. The van der Waals surface area contributed by atoms with Crippen LogP contribution in [0.4, 0.5) is 4.79 Å². The van der Waals surface area contributed by atoms with Crippen LogP contribution in [0.5, 0.6) is 0 Å². The third-order valence-electron chi connectivity index (χ3n) is 5.34. The van der Waals surface area contributed by atoms with E-state index >= 15 is 0 Å². The monoisotopic (exact) mass is 396 g/mol. The van der Waals surface area contributed by atoms with E-state index in [4.69, 9.17) is 9.84 Å². The molecule has 0 radical (unpaired) electrons. The van der Waals surface area contributed by atoms with Gasteiger partial charge >= 0.3 is 12.0 Å². The summed E-state index contributed by atoms with van der Waals surface area (Å²) in [5.74, 6) is -1.02. The van der Waals surface area contributed by atoms with Crippen LogP contribution in [0, 0.1) is 5.92 Å². The molecule has 29 heavy (non-hydrogen) atoms. The lowest BCUT2D eigenvalue weighted by Crippen LogP contribution is -2.44. The predicted molar refractivity (Wildman–Crippen MR) is 110 cm³/mol. The average molecular weight is 396 g/mol. The number of urea groups is 1. The Morgan fingerprint density at radius 3 is 2.24 bits per heavy atom. The SMILES string of the molecule is O=C(NCc1ccccc1COCc1ccccc1)NC1CCC(C(=O)O)CC1. The van der Waals surface area contributed by atoms with Crippen molar-refractivity contribution in [2.24, 2.45) is 5.92 Å². The first-order valence-corrected chi connectivity index (χ1v) is 10.1. The van der Waals surface area contributed by atoms with Gasteiger partial charge in [0.25, 0.3) is 0 Å². The number of carbonyl (C=O) groups is 2. The molecule has 1 fully saturated rings. The largest absolute Gasteiger partial charge is 0.481 e. The molecule has 2 aromatic rings. The molecular formula is C23H28N2O4. The Bertz CT molecular complexity index is 802. The molecule has 6 heteroatoms. The number of rotatable bonds is 8. The van der Waals surface area contributed by atoms with Gasteiger partial charge in [-0.2, -0.15) is 0 Å². The van der Waals surface area contributed by atoms with Crippen LogP contribution < -0.4 is 10.6 Å². The number of ether oxygens (including phenoxy) is 1. The molecule has 1 aliphatic rings. The number of carboxylic acids is 1. The van der Waals surface area contributed by atoms with E-state index in [2.05, 4.69) is 10.6 Å². The van der Waals surface area contributed by atoms with Crippen molar-refractivity contribution in [3.05, 3.63) is 71.3 Å². The third-order valence-corrected chi connectivity index (χ3v) is 5.34. The van der Waals surface area contributed by atoms with Gasteiger partial charge in [-0.1, -0.05) is 54.6 Å². The van der Waals surface area contributed by atoms with Crippen molar-refractivity contribution in [1.82, 2.24) is 10.6 Å². The minimum absolute atomic E-state index is 0.0371. The zero-order valence-corrected chi connectivity index (χ0v) is 16.5. The van der Waals surface area contributed by atoms with Gasteiger partial charge in [-0.3, -0.25) is 4.79 Å². The third kappa shape index (κ3) is 6.61. The maximum atomic E-state index is 12.2. The Hall–Kier alpha value is -2.86. The summed E-state index contributed by atoms with van der Waals surface area (Å²) in [5.41, 5.74) is 3.19. The fraction of sp³-hybridized carbons (Fsp3) is 0.391. The van der Waals surface area contributed by atoms with Crippen LogP contribution in [0.3, 0.4) is 0 Å². The van der Waals surface area contributed by atoms with Gasteiger partial charge in [0.1, 0.15) is 0 Å². The topological polar surface area (TPSA) is 87.7 Å². The molecule has 3 N–H and O–H groups in total. The minimum atomic E-state index is -0.737. The Morgan fingerprint density at radius 1 is 0.897 bits per heavy atom. The smallest absolute Gasteiger partial charge is 0.315 e. The predicted octanol–water partition coefficient (Wildman–Crippen LogP) is 3.85. The van der Waals surface area contributed by atoms with Crippen molar-refractivity contribution in [3.63, 3.8) is 0 Å². The van der Waals surface area contributed by atoms with Crippen molar-refractivity contribution in [2.75, 3.05) is 0 Å². The summed E-state index contributed by atoms with van der Waals surface area (Å²) in [6.45, 7) is 1.44. The molecule has 0 bridgehead atoms. The number of carbonyl (C=O) groups excluding carboxylic acids is 1. The summed E-state index contributed by atoms with van der Waals surface area (Å²) < 4.78 is 5.83. The van der Waals surface area contributed by atoms with E-state index in [1.165, 1.54) is 0 Å². The number of carboxylic acid groups (broad SMARTS) is 1. The van der Waals surface area contributed by atoms with E-state index < -0.39 is 5.97 Å². The second-order valence-electron chi connectivity index (χ2n) is 7.46. The number of benzene rings is 2. The highest BCUT2D eigenvalue weighted by atomic mass is 16.5. The van der Waals surface area contributed by atoms with Crippen LogP contribution in [0.25, 0.3) is 0 Å². The highest BCUT2D eigenvalue weighted by molar-refractivity contribution is 5.74. The number of amides is 2. The summed E-state index contributed by atoms with van der Waals surface area (Å²) in [4.78, 5) is 23.3. The van der Waals surface area contributed by atoms with Gasteiger partial charge in [-0.25, -0.2) is 4.79 Å². The number of aliphatic carboxylic acids is 1. The summed E-state index contributed by atoms with van der Waals surface area (Å²) in [6, 6.07) is 17.7. The molecule has 0 heterocycles. The molecule has 0 aromatic heterocycles. The molecule has 2 amide bonds. The van der Waals surface area contributed by atoms with E-state index in [0.717, 1.165) is 16.7 Å². The zero-order valence-electron chi connectivity index (χ0n) is 16.5. The van der Waals surface area contributed by atoms with E-state index in [0.29, 0.717) is 45.4 Å². The molecule has 3 rings (SSSR count). The molecule has 0 atom stereocenters. The van der Waals surface area contributed by atoms with Crippen LogP contribution in [0.2, 0.25) is 0 Å². The van der Waals surface area contributed by atoms with Crippen LogP contribution in [0.1, 0.15) is 42.4 Å². The molecule has 1 aliphatic carbocycles. The van der Waals surface area contributed by atoms with Crippen LogP contribution in [0.15, 0.2) is 54.6 Å². The summed E-state index contributed by atoms with van der Waals surface area (Å²) in [6.07, 6.45) is 2.63. The maximum Gasteiger partial charge on any atom is 0.315 e. The fourth-order valence-corrected chi connectivity index (χ4v) is 3.62. The first-order chi connectivity index (χ1) is 14.1. The lowest BCUT2D eigenvalue weighted by Gasteiger charge is -2.26. The average Bonchev–Trinajstić information content (AvgIpc) is 2.74. The summed E-state index contributed by atoms with van der Waals surface area (Å²) in [7, 11) is 0. The second-order valence-corrected chi connectivity index (χ2v) is 7.46. The molecule has 2 aromatic carbocycles. The summed E-state index contributed by atoms with van der Waals surface area (Å²) >= 11 is 0. The molecule has 1 saturated carbocycles. The first kappa shape index (κ1) is 20.9. The lowest BCUT2D eigenvalue weighted by molar-refractivity contribution is -0.142. The Balaban J connectivity index is 1.43. The van der Waals surface area contributed by atoms with E-state index in [1.54, 1.807) is 0 Å². The number of nitrogens with one attached hydrogen (secondary N) is 2. The van der Waals surface area contributed by atoms with Gasteiger partial charge in [-0.15, -0.1) is 0 Å². The number of hydrogen-bond donors (Lipinski definition) is 3. The van der Waals surface area contributed by atoms with Gasteiger partial charge in [-0.05, 0) is 42.4 Å². The highest BCUT2D eigenvalue weighted by Gasteiger charge is 2.26. The Labute approximate surface area is 171 Å². The van der Waals surface area contributed by atoms with E-state index in [1.807, 2.05) is 54.6 Å². The Kier molecular flexibility index (Phi) is 7.64. The highest BCUT2D eigenvalue weighted by Crippen LogP contribution is 2.24. The van der Waals surface area contributed by atoms with Gasteiger partial charge in [0.2, 0.25) is 0 Å². The molecule has 0 unspecified atom stereocenters. The quantitative estimate of drug-likeness (QED) is 0.633. The van der Waals surface area contributed by atoms with Gasteiger partial charge < -0.3 is 20.5 Å². The molecule has 0 saturated heterocycles. The van der Waals surface area contributed by atoms with Crippen molar-refractivity contribution in [3.8, 4) is 0 Å². The van der Waals surface area contributed by atoms with Crippen LogP contribution in [-0.2, 0) is 29.3 Å². The minimum Gasteiger partial charge on any atom is -0.481 e. The second kappa shape index (κ2) is 10.6. The van der Waals surface area contributed by atoms with Crippen molar-refractivity contribution < 1.29 is 19.4 Å². The van der Waals surface area contributed by atoms with E-state index in [9.17, 15) is 9.59 Å². The van der Waals surface area contributed by atoms with Crippen molar-refractivity contribution in [2.45, 2.75) is 51.5 Å². The van der Waals surface area contributed by atoms with Crippen molar-refractivity contribution >= 4 is 12.0 Å². The molecule has 0 spiro atoms. The Morgan fingerprint density at radius 2 is 1.55 bits per heavy atom.